The molecule has 0 aliphatic carbocycles. The van der Waals surface area contributed by atoms with Crippen molar-refractivity contribution in [2.24, 2.45) is 5.92 Å². The van der Waals surface area contributed by atoms with Crippen molar-refractivity contribution in [3.8, 4) is 11.1 Å². The molecular formula is C21H20F4N2O2. The van der Waals surface area contributed by atoms with Gasteiger partial charge in [-0.3, -0.25) is 9.59 Å². The van der Waals surface area contributed by atoms with Gasteiger partial charge >= 0.3 is 6.18 Å². The van der Waals surface area contributed by atoms with Crippen LogP contribution in [0.3, 0.4) is 0 Å². The van der Waals surface area contributed by atoms with Crippen LogP contribution in [-0.2, 0) is 9.59 Å². The summed E-state index contributed by atoms with van der Waals surface area (Å²) in [7, 11) is 0. The fraction of sp³-hybridized carbons (Fsp3) is 0.333. The first-order chi connectivity index (χ1) is 13.7. The highest BCUT2D eigenvalue weighted by Gasteiger charge is 2.36. The summed E-state index contributed by atoms with van der Waals surface area (Å²) in [6.07, 6.45) is -5.11. The van der Waals surface area contributed by atoms with Crippen LogP contribution in [0.5, 0.6) is 0 Å². The number of carbonyl (C=O) groups is 2. The molecule has 2 aromatic carbocycles. The minimum absolute atomic E-state index is 0.0294. The van der Waals surface area contributed by atoms with Crippen LogP contribution < -0.4 is 5.32 Å². The SMILES string of the molecule is O=C(Nc1cccc(-c2ccc(F)cc2)c1)[C@@H]1CCCN(C(=O)CC(F)(F)F)C1. The molecule has 0 unspecified atom stereocenters. The smallest absolute Gasteiger partial charge is 0.342 e. The van der Waals surface area contributed by atoms with E-state index >= 15 is 0 Å². The van der Waals surface area contributed by atoms with Gasteiger partial charge in [-0.1, -0.05) is 24.3 Å². The quantitative estimate of drug-likeness (QED) is 0.751. The summed E-state index contributed by atoms with van der Waals surface area (Å²) < 4.78 is 50.5. The van der Waals surface area contributed by atoms with Gasteiger partial charge in [-0.15, -0.1) is 0 Å². The van der Waals surface area contributed by atoms with Crippen molar-refractivity contribution in [1.82, 2.24) is 4.90 Å². The zero-order valence-corrected chi connectivity index (χ0v) is 15.5. The molecule has 1 fully saturated rings. The first kappa shape index (κ1) is 20.8. The Kier molecular flexibility index (Phi) is 6.20. The number of nitrogens with zero attached hydrogens (tertiary/aromatic N) is 1. The van der Waals surface area contributed by atoms with Crippen LogP contribution >= 0.6 is 0 Å². The highest BCUT2D eigenvalue weighted by Crippen LogP contribution is 2.26. The molecule has 0 radical (unpaired) electrons. The number of hydrogen-bond acceptors (Lipinski definition) is 2. The lowest BCUT2D eigenvalue weighted by Crippen LogP contribution is -2.44. The van der Waals surface area contributed by atoms with E-state index in [0.29, 0.717) is 18.5 Å². The Balaban J connectivity index is 1.64. The van der Waals surface area contributed by atoms with Crippen molar-refractivity contribution in [3.05, 3.63) is 54.3 Å². The Morgan fingerprint density at radius 1 is 1.07 bits per heavy atom. The monoisotopic (exact) mass is 408 g/mol. The Hall–Kier alpha value is -2.90. The van der Waals surface area contributed by atoms with Gasteiger partial charge in [-0.25, -0.2) is 4.39 Å². The molecule has 4 nitrogen and oxygen atoms in total. The third kappa shape index (κ3) is 5.79. The molecule has 3 rings (SSSR count). The molecule has 154 valence electrons. The van der Waals surface area contributed by atoms with Crippen molar-refractivity contribution in [2.45, 2.75) is 25.4 Å². The van der Waals surface area contributed by atoms with Crippen LogP contribution in [0.2, 0.25) is 0 Å². The molecule has 0 spiro atoms. The lowest BCUT2D eigenvalue weighted by atomic mass is 9.96. The first-order valence-corrected chi connectivity index (χ1v) is 9.23. The second kappa shape index (κ2) is 8.63. The lowest BCUT2D eigenvalue weighted by molar-refractivity contribution is -0.162. The molecule has 1 saturated heterocycles. The van der Waals surface area contributed by atoms with E-state index in [9.17, 15) is 27.2 Å². The molecule has 0 aromatic heterocycles. The van der Waals surface area contributed by atoms with Crippen molar-refractivity contribution < 1.29 is 27.2 Å². The Bertz CT molecular complexity index is 881. The summed E-state index contributed by atoms with van der Waals surface area (Å²) in [5.41, 5.74) is 2.09. The molecule has 0 bridgehead atoms. The minimum Gasteiger partial charge on any atom is -0.342 e. The van der Waals surface area contributed by atoms with Gasteiger partial charge in [0, 0.05) is 18.8 Å². The fourth-order valence-electron chi connectivity index (χ4n) is 3.36. The van der Waals surface area contributed by atoms with E-state index in [-0.39, 0.29) is 24.8 Å². The zero-order valence-electron chi connectivity index (χ0n) is 15.5. The number of amides is 2. The van der Waals surface area contributed by atoms with Crippen LogP contribution in [0.25, 0.3) is 11.1 Å². The molecule has 29 heavy (non-hydrogen) atoms. The van der Waals surface area contributed by atoms with Crippen LogP contribution in [0.15, 0.2) is 48.5 Å². The number of alkyl halides is 3. The summed E-state index contributed by atoms with van der Waals surface area (Å²) in [6.45, 7) is 0.192. The summed E-state index contributed by atoms with van der Waals surface area (Å²) in [5, 5.41) is 2.77. The number of rotatable bonds is 4. The number of benzene rings is 2. The fourth-order valence-corrected chi connectivity index (χ4v) is 3.36. The summed E-state index contributed by atoms with van der Waals surface area (Å²) in [5.74, 6) is -2.27. The summed E-state index contributed by atoms with van der Waals surface area (Å²) >= 11 is 0. The maximum atomic E-state index is 13.1. The number of halogens is 4. The number of hydrogen-bond donors (Lipinski definition) is 1. The van der Waals surface area contributed by atoms with Gasteiger partial charge in [0.1, 0.15) is 12.2 Å². The topological polar surface area (TPSA) is 49.4 Å². The third-order valence-electron chi connectivity index (χ3n) is 4.80. The standard InChI is InChI=1S/C21H20F4N2O2/c22-17-8-6-14(7-9-17)15-3-1-5-18(11-15)26-20(29)16-4-2-10-27(13-16)19(28)12-21(23,24)25/h1,3,5-9,11,16H,2,4,10,12-13H2,(H,26,29)/t16-/m1/s1. The van der Waals surface area contributed by atoms with Gasteiger partial charge in [0.25, 0.3) is 0 Å². The number of likely N-dealkylation sites (tertiary alicyclic amines) is 1. The number of anilines is 1. The van der Waals surface area contributed by atoms with E-state index in [2.05, 4.69) is 5.32 Å². The van der Waals surface area contributed by atoms with Gasteiger partial charge in [-0.05, 0) is 48.2 Å². The van der Waals surface area contributed by atoms with Gasteiger partial charge in [0.15, 0.2) is 0 Å². The third-order valence-corrected chi connectivity index (χ3v) is 4.80. The van der Waals surface area contributed by atoms with Crippen LogP contribution in [0, 0.1) is 11.7 Å². The van der Waals surface area contributed by atoms with Gasteiger partial charge in [0.2, 0.25) is 11.8 Å². The lowest BCUT2D eigenvalue weighted by Gasteiger charge is -2.32. The van der Waals surface area contributed by atoms with Gasteiger partial charge in [0.05, 0.1) is 5.92 Å². The Morgan fingerprint density at radius 3 is 2.48 bits per heavy atom. The van der Waals surface area contributed by atoms with E-state index in [0.717, 1.165) is 16.0 Å². The highest BCUT2D eigenvalue weighted by molar-refractivity contribution is 5.93. The number of nitrogens with one attached hydrogen (secondary N) is 1. The van der Waals surface area contributed by atoms with Crippen molar-refractivity contribution in [1.29, 1.82) is 0 Å². The van der Waals surface area contributed by atoms with E-state index in [1.54, 1.807) is 30.3 Å². The maximum absolute atomic E-state index is 13.1. The summed E-state index contributed by atoms with van der Waals surface area (Å²) in [4.78, 5) is 25.5. The first-order valence-electron chi connectivity index (χ1n) is 9.23. The van der Waals surface area contributed by atoms with Crippen molar-refractivity contribution in [2.75, 3.05) is 18.4 Å². The molecule has 8 heteroatoms. The molecule has 1 heterocycles. The van der Waals surface area contributed by atoms with Crippen LogP contribution in [0.1, 0.15) is 19.3 Å². The second-order valence-corrected chi connectivity index (χ2v) is 7.05. The largest absolute Gasteiger partial charge is 0.397 e. The van der Waals surface area contributed by atoms with Crippen molar-refractivity contribution in [3.63, 3.8) is 0 Å². The van der Waals surface area contributed by atoms with E-state index in [1.807, 2.05) is 6.07 Å². The molecule has 2 amide bonds. The Morgan fingerprint density at radius 2 is 1.79 bits per heavy atom. The number of piperidine rings is 1. The number of carbonyl (C=O) groups excluding carboxylic acids is 2. The van der Waals surface area contributed by atoms with Crippen LogP contribution in [0.4, 0.5) is 23.2 Å². The highest BCUT2D eigenvalue weighted by atomic mass is 19.4. The molecule has 1 atom stereocenters. The molecule has 1 aliphatic rings. The van der Waals surface area contributed by atoms with Crippen LogP contribution in [-0.4, -0.2) is 36.0 Å². The molecular weight excluding hydrogens is 388 g/mol. The molecule has 2 aromatic rings. The maximum Gasteiger partial charge on any atom is 0.397 e. The average molecular weight is 408 g/mol. The predicted molar refractivity (Wildman–Crippen MR) is 100 cm³/mol. The zero-order chi connectivity index (χ0) is 21.0. The normalized spacial score (nSPS) is 17.1. The Labute approximate surface area is 165 Å². The summed E-state index contributed by atoms with van der Waals surface area (Å²) in [6, 6.07) is 12.9. The second-order valence-electron chi connectivity index (χ2n) is 7.05. The molecule has 1 N–H and O–H groups in total. The molecule has 0 saturated carbocycles. The minimum atomic E-state index is -4.56. The van der Waals surface area contributed by atoms with E-state index in [1.165, 1.54) is 12.1 Å². The predicted octanol–water partition coefficient (Wildman–Crippen LogP) is 4.62. The molecule has 1 aliphatic heterocycles. The van der Waals surface area contributed by atoms with Gasteiger partial charge in [-0.2, -0.15) is 13.2 Å². The average Bonchev–Trinajstić information content (AvgIpc) is 2.67. The van der Waals surface area contributed by atoms with E-state index < -0.39 is 24.4 Å². The van der Waals surface area contributed by atoms with Crippen molar-refractivity contribution >= 4 is 17.5 Å². The van der Waals surface area contributed by atoms with E-state index in [4.69, 9.17) is 0 Å². The van der Waals surface area contributed by atoms with Gasteiger partial charge < -0.3 is 10.2 Å².